The van der Waals surface area contributed by atoms with Gasteiger partial charge in [0, 0.05) is 33.7 Å². The molecule has 0 spiro atoms. The molecule has 0 unspecified atom stereocenters. The predicted molar refractivity (Wildman–Crippen MR) is 110 cm³/mol. The van der Waals surface area contributed by atoms with Crippen molar-refractivity contribution in [1.82, 2.24) is 5.32 Å². The molecule has 144 valence electrons. The van der Waals surface area contributed by atoms with Crippen molar-refractivity contribution >= 4 is 41.0 Å². The molecule has 1 amide bonds. The van der Waals surface area contributed by atoms with Gasteiger partial charge in [0.25, 0.3) is 5.91 Å². The third-order valence-electron chi connectivity index (χ3n) is 3.82. The third kappa shape index (κ3) is 5.25. The van der Waals surface area contributed by atoms with Crippen molar-refractivity contribution in [2.45, 2.75) is 30.0 Å². The fourth-order valence-electron chi connectivity index (χ4n) is 2.53. The van der Waals surface area contributed by atoms with Crippen LogP contribution in [0, 0.1) is 5.82 Å². The van der Waals surface area contributed by atoms with Crippen LogP contribution in [0.1, 0.15) is 30.0 Å². The van der Waals surface area contributed by atoms with E-state index < -0.39 is 5.54 Å². The Morgan fingerprint density at radius 2 is 1.85 bits per heavy atom. The van der Waals surface area contributed by atoms with Crippen LogP contribution < -0.4 is 11.1 Å². The summed E-state index contributed by atoms with van der Waals surface area (Å²) in [6.07, 6.45) is 0. The Morgan fingerprint density at radius 1 is 1.19 bits per heavy atom. The number of carbonyl (C=O) groups is 1. The Kier molecular flexibility index (Phi) is 6.92. The zero-order valence-corrected chi connectivity index (χ0v) is 16.8. The van der Waals surface area contributed by atoms with E-state index in [2.05, 4.69) is 5.32 Å². The minimum atomic E-state index is -0.524. The fourth-order valence-corrected chi connectivity index (χ4v) is 3.49. The van der Waals surface area contributed by atoms with E-state index in [1.54, 1.807) is 18.2 Å². The highest BCUT2D eigenvalue weighted by Crippen LogP contribution is 2.33. The molecule has 1 heterocycles. The number of nitrogens with two attached hydrogens (primary N) is 1. The van der Waals surface area contributed by atoms with Gasteiger partial charge in [-0.15, -0.1) is 24.2 Å². The van der Waals surface area contributed by atoms with Crippen molar-refractivity contribution in [1.29, 1.82) is 0 Å². The predicted octanol–water partition coefficient (Wildman–Crippen LogP) is 4.75. The number of thioether (sulfide) groups is 1. The molecule has 2 aromatic carbocycles. The maximum Gasteiger partial charge on any atom is 0.287 e. The molecular formula is C20H22ClFN2O2S. The first kappa shape index (κ1) is 21.3. The molecule has 0 aliphatic carbocycles. The molecule has 3 rings (SSSR count). The highest BCUT2D eigenvalue weighted by atomic mass is 35.5. The van der Waals surface area contributed by atoms with E-state index in [0.717, 1.165) is 10.9 Å². The van der Waals surface area contributed by atoms with Gasteiger partial charge in [0.2, 0.25) is 0 Å². The molecule has 3 N–H and O–H groups in total. The molecule has 0 aliphatic heterocycles. The van der Waals surface area contributed by atoms with Gasteiger partial charge in [-0.05, 0) is 32.0 Å². The van der Waals surface area contributed by atoms with E-state index in [9.17, 15) is 9.18 Å². The number of hydrogen-bond donors (Lipinski definition) is 2. The van der Waals surface area contributed by atoms with Crippen LogP contribution >= 0.6 is 24.2 Å². The molecule has 0 atom stereocenters. The van der Waals surface area contributed by atoms with E-state index in [4.69, 9.17) is 10.2 Å². The number of nitrogens with one attached hydrogen (secondary N) is 1. The summed E-state index contributed by atoms with van der Waals surface area (Å²) < 4.78 is 19.7. The zero-order chi connectivity index (χ0) is 18.7. The summed E-state index contributed by atoms with van der Waals surface area (Å²) in [4.78, 5) is 13.2. The van der Waals surface area contributed by atoms with Gasteiger partial charge in [0.05, 0.1) is 0 Å². The van der Waals surface area contributed by atoms with E-state index >= 15 is 0 Å². The smallest absolute Gasteiger partial charge is 0.287 e. The average Bonchev–Trinajstić information content (AvgIpc) is 2.97. The molecule has 0 saturated heterocycles. The van der Waals surface area contributed by atoms with Crippen LogP contribution in [0.3, 0.4) is 0 Å². The van der Waals surface area contributed by atoms with Crippen molar-refractivity contribution in [3.05, 3.63) is 65.7 Å². The molecule has 27 heavy (non-hydrogen) atoms. The maximum absolute atomic E-state index is 13.9. The second-order valence-corrected chi connectivity index (χ2v) is 7.81. The molecule has 7 heteroatoms. The Morgan fingerprint density at radius 3 is 2.56 bits per heavy atom. The summed E-state index contributed by atoms with van der Waals surface area (Å²) in [5.41, 5.74) is 6.80. The summed E-state index contributed by atoms with van der Waals surface area (Å²) >= 11 is 1.34. The summed E-state index contributed by atoms with van der Waals surface area (Å²) in [6.45, 7) is 3.99. The molecule has 0 bridgehead atoms. The number of amides is 1. The molecule has 3 aromatic rings. The summed E-state index contributed by atoms with van der Waals surface area (Å²) in [6, 6.07) is 14.0. The van der Waals surface area contributed by atoms with Gasteiger partial charge in [-0.3, -0.25) is 4.79 Å². The van der Waals surface area contributed by atoms with E-state index in [1.165, 1.54) is 17.8 Å². The van der Waals surface area contributed by atoms with Gasteiger partial charge < -0.3 is 15.5 Å². The Balaban J connectivity index is 0.00000261. The molecule has 0 saturated carbocycles. The molecule has 0 fully saturated rings. The van der Waals surface area contributed by atoms with Crippen molar-refractivity contribution in [2.24, 2.45) is 5.73 Å². The number of benzene rings is 2. The van der Waals surface area contributed by atoms with Crippen LogP contribution in [-0.4, -0.2) is 18.0 Å². The molecule has 1 aromatic heterocycles. The second-order valence-electron chi connectivity index (χ2n) is 6.80. The van der Waals surface area contributed by atoms with Gasteiger partial charge in [0.1, 0.15) is 11.4 Å². The van der Waals surface area contributed by atoms with Crippen LogP contribution in [0.5, 0.6) is 0 Å². The Hall–Kier alpha value is -2.02. The molecular weight excluding hydrogens is 387 g/mol. The van der Waals surface area contributed by atoms with E-state index in [0.29, 0.717) is 22.8 Å². The highest BCUT2D eigenvalue weighted by Gasteiger charge is 2.22. The monoisotopic (exact) mass is 408 g/mol. The maximum atomic E-state index is 13.9. The highest BCUT2D eigenvalue weighted by molar-refractivity contribution is 7.98. The lowest BCUT2D eigenvalue weighted by atomic mass is 10.1. The van der Waals surface area contributed by atoms with E-state index in [-0.39, 0.29) is 29.9 Å². The number of fused-ring (bicyclic) bond motifs is 1. The summed E-state index contributed by atoms with van der Waals surface area (Å²) in [7, 11) is 0. The van der Waals surface area contributed by atoms with Gasteiger partial charge in [-0.25, -0.2) is 4.39 Å². The van der Waals surface area contributed by atoms with Gasteiger partial charge in [-0.1, -0.05) is 30.3 Å². The van der Waals surface area contributed by atoms with Crippen LogP contribution in [0.25, 0.3) is 11.0 Å². The first-order valence-corrected chi connectivity index (χ1v) is 9.28. The van der Waals surface area contributed by atoms with Crippen molar-refractivity contribution in [3.8, 4) is 0 Å². The minimum Gasteiger partial charge on any atom is -0.451 e. The first-order valence-electron chi connectivity index (χ1n) is 8.30. The first-order chi connectivity index (χ1) is 12.3. The minimum absolute atomic E-state index is 0. The number of rotatable bonds is 6. The Bertz CT molecular complexity index is 937. The quantitative estimate of drug-likeness (QED) is 0.577. The average molecular weight is 409 g/mol. The van der Waals surface area contributed by atoms with Crippen LogP contribution in [-0.2, 0) is 5.75 Å². The lowest BCUT2D eigenvalue weighted by molar-refractivity contribution is 0.0919. The number of furan rings is 1. The number of halogens is 2. The van der Waals surface area contributed by atoms with Crippen molar-refractivity contribution in [2.75, 3.05) is 6.54 Å². The third-order valence-corrected chi connectivity index (χ3v) is 4.89. The van der Waals surface area contributed by atoms with Gasteiger partial charge >= 0.3 is 0 Å². The fraction of sp³-hybridized carbons (Fsp3) is 0.250. The van der Waals surface area contributed by atoms with Gasteiger partial charge in [0.15, 0.2) is 5.76 Å². The van der Waals surface area contributed by atoms with Crippen LogP contribution in [0.15, 0.2) is 57.8 Å². The largest absolute Gasteiger partial charge is 0.451 e. The molecule has 0 aliphatic rings. The number of carbonyl (C=O) groups excluding carboxylic acids is 1. The number of hydrogen-bond acceptors (Lipinski definition) is 4. The Labute approximate surface area is 168 Å². The molecule has 0 radical (unpaired) electrons. The molecule has 4 nitrogen and oxygen atoms in total. The van der Waals surface area contributed by atoms with Crippen LogP contribution in [0.4, 0.5) is 4.39 Å². The standard InChI is InChI=1S/C20H21FN2O2S.ClH/c1-20(2,22)12-23-19(24)18-14(13-7-3-5-9-16(13)25-18)11-26-17-10-6-4-8-15(17)21;/h3-10H,11-12,22H2,1-2H3,(H,23,24);1H. The normalized spacial score (nSPS) is 11.3. The second kappa shape index (κ2) is 8.78. The lowest BCUT2D eigenvalue weighted by Gasteiger charge is -2.18. The van der Waals surface area contributed by atoms with Gasteiger partial charge in [-0.2, -0.15) is 0 Å². The lowest BCUT2D eigenvalue weighted by Crippen LogP contribution is -2.45. The SMILES string of the molecule is CC(C)(N)CNC(=O)c1oc2ccccc2c1CSc1ccccc1F.Cl. The summed E-state index contributed by atoms with van der Waals surface area (Å²) in [5.74, 6) is 0.0801. The van der Waals surface area contributed by atoms with Crippen molar-refractivity contribution in [3.63, 3.8) is 0 Å². The number of para-hydroxylation sites is 1. The van der Waals surface area contributed by atoms with Crippen molar-refractivity contribution < 1.29 is 13.6 Å². The van der Waals surface area contributed by atoms with Crippen LogP contribution in [0.2, 0.25) is 0 Å². The topological polar surface area (TPSA) is 68.3 Å². The summed E-state index contributed by atoms with van der Waals surface area (Å²) in [5, 5.41) is 3.66. The zero-order valence-electron chi connectivity index (χ0n) is 15.1. The van der Waals surface area contributed by atoms with E-state index in [1.807, 2.05) is 38.1 Å².